The van der Waals surface area contributed by atoms with Gasteiger partial charge in [0.25, 0.3) is 0 Å². The average Bonchev–Trinajstić information content (AvgIpc) is 2.99. The average molecular weight is 277 g/mol. The Morgan fingerprint density at radius 1 is 1.47 bits per heavy atom. The third kappa shape index (κ3) is 2.99. The molecule has 1 saturated carbocycles. The minimum atomic E-state index is -2.76. The number of hydrogen-bond donors (Lipinski definition) is 1. The van der Waals surface area contributed by atoms with Crippen LogP contribution in [0, 0.1) is 5.92 Å². The van der Waals surface area contributed by atoms with Crippen LogP contribution in [0.15, 0.2) is 0 Å². The van der Waals surface area contributed by atoms with Gasteiger partial charge >= 0.3 is 0 Å². The van der Waals surface area contributed by atoms with E-state index in [0.717, 1.165) is 19.4 Å². The summed E-state index contributed by atoms with van der Waals surface area (Å²) < 4.78 is 23.6. The fraction of sp³-hybridized carbons (Fsp3) is 1.00. The van der Waals surface area contributed by atoms with Gasteiger partial charge in [-0.25, -0.2) is 8.42 Å². The quantitative estimate of drug-likeness (QED) is 0.802. The van der Waals surface area contributed by atoms with Crippen molar-refractivity contribution in [2.75, 3.05) is 24.3 Å². The van der Waals surface area contributed by atoms with Crippen LogP contribution in [0.5, 0.6) is 0 Å². The van der Waals surface area contributed by atoms with Crippen LogP contribution in [0.1, 0.15) is 32.6 Å². The lowest BCUT2D eigenvalue weighted by Crippen LogP contribution is -2.46. The van der Waals surface area contributed by atoms with E-state index in [1.54, 1.807) is 0 Å². The molecule has 0 bridgehead atoms. The summed E-state index contributed by atoms with van der Waals surface area (Å²) in [6.07, 6.45) is 6.61. The van der Waals surface area contributed by atoms with Crippen molar-refractivity contribution < 1.29 is 8.42 Å². The molecule has 3 nitrogen and oxygen atoms in total. The Balaban J connectivity index is 2.06. The van der Waals surface area contributed by atoms with Crippen LogP contribution < -0.4 is 5.32 Å². The van der Waals surface area contributed by atoms with Gasteiger partial charge in [0, 0.05) is 10.8 Å². The highest BCUT2D eigenvalue weighted by Gasteiger charge is 2.52. The van der Waals surface area contributed by atoms with E-state index >= 15 is 0 Å². The molecule has 1 saturated heterocycles. The van der Waals surface area contributed by atoms with Crippen LogP contribution in [-0.2, 0) is 9.84 Å². The lowest BCUT2D eigenvalue weighted by molar-refractivity contribution is 0.363. The van der Waals surface area contributed by atoms with Gasteiger partial charge in [0.2, 0.25) is 0 Å². The number of sulfone groups is 1. The number of thioether (sulfide) groups is 1. The molecule has 5 heteroatoms. The van der Waals surface area contributed by atoms with E-state index in [-0.39, 0.29) is 0 Å². The van der Waals surface area contributed by atoms with E-state index in [9.17, 15) is 8.42 Å². The number of nitrogens with one attached hydrogen (secondary N) is 1. The minimum absolute atomic E-state index is 0.333. The summed E-state index contributed by atoms with van der Waals surface area (Å²) in [6, 6.07) is 0.398. The molecular weight excluding hydrogens is 254 g/mol. The van der Waals surface area contributed by atoms with Gasteiger partial charge < -0.3 is 5.32 Å². The third-order valence-corrected chi connectivity index (χ3v) is 7.34. The summed E-state index contributed by atoms with van der Waals surface area (Å²) in [5.74, 6) is 1.13. The molecule has 1 aliphatic heterocycles. The van der Waals surface area contributed by atoms with Crippen LogP contribution in [0.4, 0.5) is 0 Å². The highest BCUT2D eigenvalue weighted by Crippen LogP contribution is 2.52. The van der Waals surface area contributed by atoms with Crippen molar-refractivity contribution in [3.8, 4) is 0 Å². The third-order valence-electron chi connectivity index (χ3n) is 4.07. The Hall–Kier alpha value is 0.260. The molecule has 0 aromatic rings. The van der Waals surface area contributed by atoms with E-state index in [0.29, 0.717) is 28.2 Å². The molecule has 1 heterocycles. The predicted molar refractivity (Wildman–Crippen MR) is 74.3 cm³/mol. The maximum Gasteiger partial charge on any atom is 0.150 e. The summed E-state index contributed by atoms with van der Waals surface area (Å²) >= 11 is 1.93. The van der Waals surface area contributed by atoms with E-state index < -0.39 is 9.84 Å². The lowest BCUT2D eigenvalue weighted by atomic mass is 9.94. The monoisotopic (exact) mass is 277 g/mol. The van der Waals surface area contributed by atoms with Gasteiger partial charge in [0.15, 0.2) is 9.84 Å². The Morgan fingerprint density at radius 3 is 2.59 bits per heavy atom. The van der Waals surface area contributed by atoms with Gasteiger partial charge in [-0.1, -0.05) is 6.92 Å². The first kappa shape index (κ1) is 13.7. The molecule has 0 spiro atoms. The van der Waals surface area contributed by atoms with E-state index in [1.165, 1.54) is 12.8 Å². The molecule has 0 amide bonds. The minimum Gasteiger partial charge on any atom is -0.312 e. The lowest BCUT2D eigenvalue weighted by Gasteiger charge is -2.31. The second-order valence-electron chi connectivity index (χ2n) is 5.36. The fourth-order valence-electron chi connectivity index (χ4n) is 2.93. The standard InChI is InChI=1S/C12H23NO2S2/c1-3-7-13-11(12(16-2)5-6-12)10-4-8-17(14,15)9-10/h10-11,13H,3-9H2,1-2H3. The van der Waals surface area contributed by atoms with E-state index in [4.69, 9.17) is 0 Å². The second kappa shape index (κ2) is 5.10. The summed E-state index contributed by atoms with van der Waals surface area (Å²) in [4.78, 5) is 0. The second-order valence-corrected chi connectivity index (χ2v) is 8.81. The van der Waals surface area contributed by atoms with Crippen molar-refractivity contribution in [2.45, 2.75) is 43.4 Å². The van der Waals surface area contributed by atoms with Crippen LogP contribution in [0.2, 0.25) is 0 Å². The summed E-state index contributed by atoms with van der Waals surface area (Å²) in [5.41, 5.74) is 0. The van der Waals surface area contributed by atoms with Crippen molar-refractivity contribution in [1.29, 1.82) is 0 Å². The molecule has 2 atom stereocenters. The first-order valence-electron chi connectivity index (χ1n) is 6.52. The van der Waals surface area contributed by atoms with Crippen molar-refractivity contribution in [1.82, 2.24) is 5.32 Å². The number of rotatable bonds is 6. The SMILES string of the molecule is CCCNC(C1CCS(=O)(=O)C1)C1(SC)CC1. The Morgan fingerprint density at radius 2 is 2.18 bits per heavy atom. The topological polar surface area (TPSA) is 46.2 Å². The molecule has 0 aromatic heterocycles. The van der Waals surface area contributed by atoms with Crippen molar-refractivity contribution in [3.05, 3.63) is 0 Å². The summed E-state index contributed by atoms with van der Waals surface area (Å²) in [5, 5.41) is 3.62. The summed E-state index contributed by atoms with van der Waals surface area (Å²) in [6.45, 7) is 3.16. The van der Waals surface area contributed by atoms with Gasteiger partial charge in [-0.3, -0.25) is 0 Å². The zero-order valence-electron chi connectivity index (χ0n) is 10.7. The first-order chi connectivity index (χ1) is 8.03. The van der Waals surface area contributed by atoms with Gasteiger partial charge in [-0.05, 0) is 44.4 Å². The number of hydrogen-bond acceptors (Lipinski definition) is 4. The van der Waals surface area contributed by atoms with Gasteiger partial charge in [-0.15, -0.1) is 0 Å². The zero-order chi connectivity index (χ0) is 12.5. The van der Waals surface area contributed by atoms with E-state index in [2.05, 4.69) is 18.5 Å². The van der Waals surface area contributed by atoms with Crippen LogP contribution in [0.25, 0.3) is 0 Å². The van der Waals surface area contributed by atoms with Crippen molar-refractivity contribution in [3.63, 3.8) is 0 Å². The largest absolute Gasteiger partial charge is 0.312 e. The molecule has 2 aliphatic rings. The molecule has 2 fully saturated rings. The van der Waals surface area contributed by atoms with Crippen molar-refractivity contribution >= 4 is 21.6 Å². The molecule has 17 heavy (non-hydrogen) atoms. The van der Waals surface area contributed by atoms with Crippen LogP contribution in [0.3, 0.4) is 0 Å². The molecule has 0 radical (unpaired) electrons. The Kier molecular flexibility index (Phi) is 4.10. The molecule has 100 valence electrons. The molecular formula is C12H23NO2S2. The maximum absolute atomic E-state index is 11.6. The zero-order valence-corrected chi connectivity index (χ0v) is 12.4. The Bertz CT molecular complexity index is 363. The van der Waals surface area contributed by atoms with Crippen LogP contribution >= 0.6 is 11.8 Å². The highest BCUT2D eigenvalue weighted by atomic mass is 32.2. The summed E-state index contributed by atoms with van der Waals surface area (Å²) in [7, 11) is -2.76. The van der Waals surface area contributed by atoms with Gasteiger partial charge in [-0.2, -0.15) is 11.8 Å². The smallest absolute Gasteiger partial charge is 0.150 e. The molecule has 2 unspecified atom stereocenters. The fourth-order valence-corrected chi connectivity index (χ4v) is 5.81. The maximum atomic E-state index is 11.6. The van der Waals surface area contributed by atoms with Gasteiger partial charge in [0.05, 0.1) is 11.5 Å². The molecule has 1 aliphatic carbocycles. The predicted octanol–water partition coefficient (Wildman–Crippen LogP) is 1.68. The Labute approximate surface area is 109 Å². The molecule has 1 N–H and O–H groups in total. The molecule has 2 rings (SSSR count). The van der Waals surface area contributed by atoms with Crippen LogP contribution in [-0.4, -0.2) is 43.5 Å². The first-order valence-corrected chi connectivity index (χ1v) is 9.56. The normalized spacial score (nSPS) is 31.3. The molecule has 0 aromatic carbocycles. The van der Waals surface area contributed by atoms with E-state index in [1.807, 2.05) is 11.8 Å². The van der Waals surface area contributed by atoms with Gasteiger partial charge in [0.1, 0.15) is 0 Å². The van der Waals surface area contributed by atoms with Crippen molar-refractivity contribution in [2.24, 2.45) is 5.92 Å². The highest BCUT2D eigenvalue weighted by molar-refractivity contribution is 8.00.